The third-order valence-corrected chi connectivity index (χ3v) is 3.96. The highest BCUT2D eigenvalue weighted by atomic mass is 35.5. The van der Waals surface area contributed by atoms with Crippen LogP contribution < -0.4 is 0 Å². The van der Waals surface area contributed by atoms with Crippen LogP contribution in [0.1, 0.15) is 30.4 Å². The summed E-state index contributed by atoms with van der Waals surface area (Å²) >= 11 is 6.15. The number of aliphatic imine (C=N–C) groups is 1. The van der Waals surface area contributed by atoms with E-state index < -0.39 is 0 Å². The summed E-state index contributed by atoms with van der Waals surface area (Å²) in [6.07, 6.45) is 3.69. The third kappa shape index (κ3) is 1.52. The second kappa shape index (κ2) is 3.77. The summed E-state index contributed by atoms with van der Waals surface area (Å²) in [5.74, 6) is 1.26. The van der Waals surface area contributed by atoms with Crippen molar-refractivity contribution in [1.29, 1.82) is 0 Å². The van der Waals surface area contributed by atoms with Gasteiger partial charge in [0.1, 0.15) is 5.84 Å². The van der Waals surface area contributed by atoms with Gasteiger partial charge in [-0.05, 0) is 37.5 Å². The summed E-state index contributed by atoms with van der Waals surface area (Å²) in [4.78, 5) is 7.15. The van der Waals surface area contributed by atoms with Gasteiger partial charge >= 0.3 is 0 Å². The number of fused-ring (bicyclic) bond motifs is 2. The number of halogens is 1. The Morgan fingerprint density at radius 3 is 3.06 bits per heavy atom. The highest BCUT2D eigenvalue weighted by Crippen LogP contribution is 2.34. The summed E-state index contributed by atoms with van der Waals surface area (Å²) in [5, 5.41) is 0.856. The van der Waals surface area contributed by atoms with Crippen LogP contribution in [-0.2, 0) is 6.54 Å². The van der Waals surface area contributed by atoms with Crippen molar-refractivity contribution in [3.8, 4) is 0 Å². The Kier molecular flexibility index (Phi) is 2.40. The predicted octanol–water partition coefficient (Wildman–Crippen LogP) is 3.68. The molecular weight excluding hydrogens is 220 g/mol. The van der Waals surface area contributed by atoms with Crippen molar-refractivity contribution < 1.29 is 0 Å². The van der Waals surface area contributed by atoms with Crippen molar-refractivity contribution in [1.82, 2.24) is 4.90 Å². The van der Waals surface area contributed by atoms with Crippen molar-refractivity contribution >= 4 is 23.1 Å². The minimum Gasteiger partial charge on any atom is -0.356 e. The van der Waals surface area contributed by atoms with E-state index >= 15 is 0 Å². The molecule has 0 radical (unpaired) electrons. The Morgan fingerprint density at radius 1 is 1.31 bits per heavy atom. The monoisotopic (exact) mass is 234 g/mol. The van der Waals surface area contributed by atoms with Gasteiger partial charge in [0.25, 0.3) is 0 Å². The number of hydrogen-bond acceptors (Lipinski definition) is 2. The van der Waals surface area contributed by atoms with Gasteiger partial charge in [0.15, 0.2) is 0 Å². The second-order valence-electron chi connectivity index (χ2n) is 4.58. The van der Waals surface area contributed by atoms with Crippen LogP contribution in [0.2, 0.25) is 5.02 Å². The molecule has 2 heterocycles. The lowest BCUT2D eigenvalue weighted by Crippen LogP contribution is -2.36. The molecule has 0 atom stereocenters. The summed E-state index contributed by atoms with van der Waals surface area (Å²) < 4.78 is 0. The third-order valence-electron chi connectivity index (χ3n) is 3.55. The topological polar surface area (TPSA) is 15.6 Å². The van der Waals surface area contributed by atoms with Crippen LogP contribution in [0, 0.1) is 6.92 Å². The Hall–Kier alpha value is -1.02. The van der Waals surface area contributed by atoms with Crippen molar-refractivity contribution in [2.45, 2.75) is 32.7 Å². The maximum absolute atomic E-state index is 6.15. The van der Waals surface area contributed by atoms with Crippen LogP contribution in [0.15, 0.2) is 17.1 Å². The fraction of sp³-hybridized carbons (Fsp3) is 0.462. The lowest BCUT2D eigenvalue weighted by molar-refractivity contribution is 0.358. The zero-order chi connectivity index (χ0) is 11.1. The van der Waals surface area contributed by atoms with Gasteiger partial charge in [0, 0.05) is 30.1 Å². The maximum Gasteiger partial charge on any atom is 0.105 e. The quantitative estimate of drug-likeness (QED) is 0.669. The molecule has 0 bridgehead atoms. The number of benzene rings is 1. The zero-order valence-electron chi connectivity index (χ0n) is 9.46. The summed E-state index contributed by atoms with van der Waals surface area (Å²) in [6, 6.07) is 4.00. The molecular formula is C13H15ClN2. The minimum absolute atomic E-state index is 0.856. The lowest BCUT2D eigenvalue weighted by Gasteiger charge is -2.34. The van der Waals surface area contributed by atoms with Gasteiger partial charge < -0.3 is 4.90 Å². The zero-order valence-corrected chi connectivity index (χ0v) is 10.2. The SMILES string of the molecule is Cc1c(Cl)ccc2c1CN1CCCCC1=N2. The molecule has 0 amide bonds. The molecule has 84 valence electrons. The normalized spacial score (nSPS) is 18.9. The first-order valence-electron chi connectivity index (χ1n) is 5.86. The molecule has 0 N–H and O–H groups in total. The van der Waals surface area contributed by atoms with Crippen LogP contribution in [0.3, 0.4) is 0 Å². The van der Waals surface area contributed by atoms with Gasteiger partial charge in [-0.3, -0.25) is 0 Å². The molecule has 0 aromatic heterocycles. The summed E-state index contributed by atoms with van der Waals surface area (Å²) in [6.45, 7) is 4.22. The second-order valence-corrected chi connectivity index (χ2v) is 4.98. The molecule has 3 heteroatoms. The van der Waals surface area contributed by atoms with E-state index in [-0.39, 0.29) is 0 Å². The molecule has 2 aliphatic rings. The molecule has 2 aliphatic heterocycles. The van der Waals surface area contributed by atoms with Gasteiger partial charge in [-0.1, -0.05) is 11.6 Å². The van der Waals surface area contributed by atoms with Crippen LogP contribution in [0.4, 0.5) is 5.69 Å². The molecule has 0 spiro atoms. The number of piperidine rings is 1. The van der Waals surface area contributed by atoms with Gasteiger partial charge in [0.05, 0.1) is 5.69 Å². The molecule has 2 nitrogen and oxygen atoms in total. The minimum atomic E-state index is 0.856. The smallest absolute Gasteiger partial charge is 0.105 e. The molecule has 0 aliphatic carbocycles. The Morgan fingerprint density at radius 2 is 2.19 bits per heavy atom. The highest BCUT2D eigenvalue weighted by molar-refractivity contribution is 6.31. The van der Waals surface area contributed by atoms with Crippen LogP contribution >= 0.6 is 11.6 Å². The number of hydrogen-bond donors (Lipinski definition) is 0. The molecule has 1 aromatic carbocycles. The van der Waals surface area contributed by atoms with E-state index in [4.69, 9.17) is 16.6 Å². The summed E-state index contributed by atoms with van der Waals surface area (Å²) in [5.41, 5.74) is 3.61. The summed E-state index contributed by atoms with van der Waals surface area (Å²) in [7, 11) is 0. The molecule has 16 heavy (non-hydrogen) atoms. The molecule has 3 rings (SSSR count). The largest absolute Gasteiger partial charge is 0.356 e. The predicted molar refractivity (Wildman–Crippen MR) is 67.5 cm³/mol. The Balaban J connectivity index is 2.09. The van der Waals surface area contributed by atoms with E-state index in [2.05, 4.69) is 11.8 Å². The number of amidine groups is 1. The van der Waals surface area contributed by atoms with Gasteiger partial charge in [-0.2, -0.15) is 0 Å². The van der Waals surface area contributed by atoms with Crippen molar-refractivity contribution in [3.63, 3.8) is 0 Å². The fourth-order valence-electron chi connectivity index (χ4n) is 2.52. The van der Waals surface area contributed by atoms with E-state index in [0.717, 1.165) is 30.2 Å². The van der Waals surface area contributed by atoms with Crippen LogP contribution in [0.25, 0.3) is 0 Å². The van der Waals surface area contributed by atoms with Crippen molar-refractivity contribution in [3.05, 3.63) is 28.3 Å². The molecule has 0 saturated carbocycles. The molecule has 0 unspecified atom stereocenters. The van der Waals surface area contributed by atoms with Crippen molar-refractivity contribution in [2.24, 2.45) is 4.99 Å². The average Bonchev–Trinajstić information content (AvgIpc) is 2.32. The number of nitrogens with zero attached hydrogens (tertiary/aromatic N) is 2. The first kappa shape index (κ1) is 10.2. The first-order chi connectivity index (χ1) is 7.75. The average molecular weight is 235 g/mol. The Bertz CT molecular complexity index is 465. The van der Waals surface area contributed by atoms with Crippen LogP contribution in [-0.4, -0.2) is 17.3 Å². The molecule has 1 saturated heterocycles. The standard InChI is InChI=1S/C13H15ClN2/c1-9-10-8-16-7-3-2-4-13(16)15-12(10)6-5-11(9)14/h5-6H,2-4,7-8H2,1H3. The maximum atomic E-state index is 6.15. The van der Waals surface area contributed by atoms with E-state index in [9.17, 15) is 0 Å². The van der Waals surface area contributed by atoms with Gasteiger partial charge in [-0.25, -0.2) is 4.99 Å². The van der Waals surface area contributed by atoms with E-state index in [1.165, 1.54) is 29.8 Å². The van der Waals surface area contributed by atoms with Gasteiger partial charge in [-0.15, -0.1) is 0 Å². The van der Waals surface area contributed by atoms with E-state index in [1.807, 2.05) is 12.1 Å². The van der Waals surface area contributed by atoms with Gasteiger partial charge in [0.2, 0.25) is 0 Å². The fourth-order valence-corrected chi connectivity index (χ4v) is 2.70. The Labute approximate surface area is 101 Å². The molecule has 1 aromatic rings. The van der Waals surface area contributed by atoms with E-state index in [0.29, 0.717) is 0 Å². The first-order valence-corrected chi connectivity index (χ1v) is 6.24. The van der Waals surface area contributed by atoms with E-state index in [1.54, 1.807) is 0 Å². The highest BCUT2D eigenvalue weighted by Gasteiger charge is 2.23. The van der Waals surface area contributed by atoms with Crippen molar-refractivity contribution in [2.75, 3.05) is 6.54 Å². The molecule has 1 fully saturated rings. The number of rotatable bonds is 0. The van der Waals surface area contributed by atoms with Crippen LogP contribution in [0.5, 0.6) is 0 Å². The lowest BCUT2D eigenvalue weighted by atomic mass is 10.0.